The molecule has 19 heavy (non-hydrogen) atoms. The fourth-order valence-electron chi connectivity index (χ4n) is 1.94. The Morgan fingerprint density at radius 2 is 2.16 bits per heavy atom. The molecule has 1 aromatic carbocycles. The third-order valence-electron chi connectivity index (χ3n) is 3.45. The Morgan fingerprint density at radius 3 is 2.79 bits per heavy atom. The summed E-state index contributed by atoms with van der Waals surface area (Å²) in [6.07, 6.45) is 2.48. The number of rotatable bonds is 4. The molecule has 2 rings (SSSR count). The summed E-state index contributed by atoms with van der Waals surface area (Å²) in [6, 6.07) is 5.29. The van der Waals surface area contributed by atoms with Crippen LogP contribution in [-0.2, 0) is 0 Å². The zero-order valence-corrected chi connectivity index (χ0v) is 11.3. The number of aromatic nitrogens is 2. The molecule has 2 aromatic rings. The van der Waals surface area contributed by atoms with Gasteiger partial charge in [0, 0.05) is 18.5 Å². The lowest BCUT2D eigenvalue weighted by Gasteiger charge is -2.25. The molecule has 100 valence electrons. The van der Waals surface area contributed by atoms with Crippen molar-refractivity contribution in [1.29, 1.82) is 0 Å². The highest BCUT2D eigenvalue weighted by molar-refractivity contribution is 5.96. The lowest BCUT2D eigenvalue weighted by atomic mass is 10.1. The van der Waals surface area contributed by atoms with Crippen LogP contribution in [0.3, 0.4) is 0 Å². The first kappa shape index (κ1) is 13.3. The van der Waals surface area contributed by atoms with E-state index in [9.17, 15) is 4.79 Å². The Labute approximate surface area is 111 Å². The normalized spacial score (nSPS) is 12.4. The maximum Gasteiger partial charge on any atom is 0.335 e. The zero-order chi connectivity index (χ0) is 14.0. The van der Waals surface area contributed by atoms with Crippen molar-refractivity contribution in [3.05, 3.63) is 30.1 Å². The lowest BCUT2D eigenvalue weighted by molar-refractivity contribution is 0.0697. The van der Waals surface area contributed by atoms with Gasteiger partial charge >= 0.3 is 5.97 Å². The minimum Gasteiger partial charge on any atom is -0.478 e. The van der Waals surface area contributed by atoms with E-state index in [-0.39, 0.29) is 5.56 Å². The van der Waals surface area contributed by atoms with Crippen LogP contribution < -0.4 is 4.90 Å². The molecule has 1 atom stereocenters. The average Bonchev–Trinajstić information content (AvgIpc) is 2.44. The van der Waals surface area contributed by atoms with Crippen molar-refractivity contribution in [3.8, 4) is 0 Å². The van der Waals surface area contributed by atoms with Crippen molar-refractivity contribution in [2.24, 2.45) is 0 Å². The highest BCUT2D eigenvalue weighted by Gasteiger charge is 2.14. The molecule has 0 spiro atoms. The van der Waals surface area contributed by atoms with E-state index in [1.807, 2.05) is 7.05 Å². The molecule has 1 heterocycles. The fourth-order valence-corrected chi connectivity index (χ4v) is 1.94. The fraction of sp³-hybridized carbons (Fsp3) is 0.357. The molecular weight excluding hydrogens is 242 g/mol. The second-order valence-corrected chi connectivity index (χ2v) is 4.60. The number of nitrogens with zero attached hydrogens (tertiary/aromatic N) is 3. The molecule has 0 saturated heterocycles. The van der Waals surface area contributed by atoms with Gasteiger partial charge in [0.1, 0.15) is 12.1 Å². The number of carboxylic acids is 1. The maximum absolute atomic E-state index is 11.0. The van der Waals surface area contributed by atoms with Gasteiger partial charge in [-0.2, -0.15) is 0 Å². The first-order valence-corrected chi connectivity index (χ1v) is 6.25. The van der Waals surface area contributed by atoms with Crippen molar-refractivity contribution in [2.75, 3.05) is 11.9 Å². The van der Waals surface area contributed by atoms with Crippen molar-refractivity contribution in [3.63, 3.8) is 0 Å². The van der Waals surface area contributed by atoms with Gasteiger partial charge < -0.3 is 10.0 Å². The number of aromatic carboxylic acids is 1. The van der Waals surface area contributed by atoms with Gasteiger partial charge in [0.15, 0.2) is 0 Å². The number of carboxylic acid groups (broad SMARTS) is 1. The molecule has 5 nitrogen and oxygen atoms in total. The molecular formula is C14H17N3O2. The number of benzene rings is 1. The smallest absolute Gasteiger partial charge is 0.335 e. The van der Waals surface area contributed by atoms with Crippen LogP contribution in [0.25, 0.3) is 10.9 Å². The highest BCUT2D eigenvalue weighted by Crippen LogP contribution is 2.24. The van der Waals surface area contributed by atoms with Crippen LogP contribution in [0, 0.1) is 0 Å². The molecule has 1 N–H and O–H groups in total. The Morgan fingerprint density at radius 1 is 1.42 bits per heavy atom. The highest BCUT2D eigenvalue weighted by atomic mass is 16.4. The Hall–Kier alpha value is -2.17. The van der Waals surface area contributed by atoms with Gasteiger partial charge in [-0.05, 0) is 31.5 Å². The van der Waals surface area contributed by atoms with Crippen LogP contribution in [0.15, 0.2) is 24.5 Å². The third kappa shape index (κ3) is 2.50. The van der Waals surface area contributed by atoms with Crippen molar-refractivity contribution >= 4 is 22.7 Å². The zero-order valence-electron chi connectivity index (χ0n) is 11.3. The quantitative estimate of drug-likeness (QED) is 0.914. The first-order valence-electron chi connectivity index (χ1n) is 6.25. The third-order valence-corrected chi connectivity index (χ3v) is 3.45. The predicted octanol–water partition coefficient (Wildman–Crippen LogP) is 2.56. The van der Waals surface area contributed by atoms with Crippen molar-refractivity contribution in [2.45, 2.75) is 26.3 Å². The topological polar surface area (TPSA) is 66.3 Å². The minimum atomic E-state index is -0.947. The van der Waals surface area contributed by atoms with E-state index in [4.69, 9.17) is 5.11 Å². The van der Waals surface area contributed by atoms with Gasteiger partial charge in [-0.3, -0.25) is 0 Å². The van der Waals surface area contributed by atoms with Crippen LogP contribution in [0.2, 0.25) is 0 Å². The summed E-state index contributed by atoms with van der Waals surface area (Å²) in [6.45, 7) is 4.24. The number of anilines is 1. The van der Waals surface area contributed by atoms with Crippen LogP contribution >= 0.6 is 0 Å². The van der Waals surface area contributed by atoms with E-state index in [0.29, 0.717) is 11.6 Å². The number of hydrogen-bond donors (Lipinski definition) is 1. The Balaban J connectivity index is 2.55. The Bertz CT molecular complexity index is 613. The van der Waals surface area contributed by atoms with Crippen molar-refractivity contribution in [1.82, 2.24) is 9.97 Å². The van der Waals surface area contributed by atoms with Crippen LogP contribution in [-0.4, -0.2) is 34.1 Å². The minimum absolute atomic E-state index is 0.239. The molecule has 0 radical (unpaired) electrons. The van der Waals surface area contributed by atoms with Gasteiger partial charge in [0.25, 0.3) is 0 Å². The van der Waals surface area contributed by atoms with Crippen molar-refractivity contribution < 1.29 is 9.90 Å². The summed E-state index contributed by atoms with van der Waals surface area (Å²) < 4.78 is 0. The van der Waals surface area contributed by atoms with Gasteiger partial charge in [0.05, 0.1) is 11.1 Å². The summed E-state index contributed by atoms with van der Waals surface area (Å²) in [5.41, 5.74) is 0.892. The van der Waals surface area contributed by atoms with Crippen LogP contribution in [0.5, 0.6) is 0 Å². The molecule has 0 aliphatic carbocycles. The molecule has 0 aliphatic rings. The average molecular weight is 259 g/mol. The summed E-state index contributed by atoms with van der Waals surface area (Å²) in [5.74, 6) is -0.117. The summed E-state index contributed by atoms with van der Waals surface area (Å²) in [5, 5.41) is 9.87. The Kier molecular flexibility index (Phi) is 3.64. The predicted molar refractivity (Wildman–Crippen MR) is 74.7 cm³/mol. The van der Waals surface area contributed by atoms with Crippen LogP contribution in [0.1, 0.15) is 30.6 Å². The largest absolute Gasteiger partial charge is 0.478 e. The van der Waals surface area contributed by atoms with Gasteiger partial charge in [-0.1, -0.05) is 6.92 Å². The molecule has 0 bridgehead atoms. The molecule has 5 heteroatoms. The van der Waals surface area contributed by atoms with E-state index in [1.54, 1.807) is 18.2 Å². The first-order chi connectivity index (χ1) is 9.04. The number of hydrogen-bond acceptors (Lipinski definition) is 4. The van der Waals surface area contributed by atoms with E-state index in [2.05, 4.69) is 28.7 Å². The summed E-state index contributed by atoms with van der Waals surface area (Å²) in [4.78, 5) is 21.5. The second-order valence-electron chi connectivity index (χ2n) is 4.60. The molecule has 0 amide bonds. The maximum atomic E-state index is 11.0. The van der Waals surface area contributed by atoms with Gasteiger partial charge in [-0.15, -0.1) is 0 Å². The molecule has 0 fully saturated rings. The van der Waals surface area contributed by atoms with E-state index in [1.165, 1.54) is 6.33 Å². The van der Waals surface area contributed by atoms with E-state index in [0.717, 1.165) is 17.6 Å². The second kappa shape index (κ2) is 5.22. The molecule has 1 unspecified atom stereocenters. The SMILES string of the molecule is CCC(C)N(C)c1ncnc2cc(C(=O)O)ccc12. The monoisotopic (exact) mass is 259 g/mol. The summed E-state index contributed by atoms with van der Waals surface area (Å²) >= 11 is 0. The molecule has 0 saturated carbocycles. The standard InChI is InChI=1S/C14H17N3O2/c1-4-9(2)17(3)13-11-6-5-10(14(18)19)7-12(11)15-8-16-13/h5-9H,4H2,1-3H3,(H,18,19). The molecule has 0 aliphatic heterocycles. The van der Waals surface area contributed by atoms with Gasteiger partial charge in [0.2, 0.25) is 0 Å². The number of fused-ring (bicyclic) bond motifs is 1. The van der Waals surface area contributed by atoms with Gasteiger partial charge in [-0.25, -0.2) is 14.8 Å². The lowest BCUT2D eigenvalue weighted by Crippen LogP contribution is -2.29. The van der Waals surface area contributed by atoms with Crippen LogP contribution in [0.4, 0.5) is 5.82 Å². The van der Waals surface area contributed by atoms with E-state index >= 15 is 0 Å². The molecule has 1 aromatic heterocycles. The number of carbonyl (C=O) groups is 1. The summed E-state index contributed by atoms with van der Waals surface area (Å²) in [7, 11) is 1.99. The van der Waals surface area contributed by atoms with E-state index < -0.39 is 5.97 Å².